The van der Waals surface area contributed by atoms with E-state index in [1.165, 1.54) is 6.07 Å². The van der Waals surface area contributed by atoms with Crippen LogP contribution in [-0.2, 0) is 0 Å². The lowest BCUT2D eigenvalue weighted by molar-refractivity contribution is 0.0562. The smallest absolute Gasteiger partial charge is 0.345 e. The fraction of sp³-hybridized carbons (Fsp3) is 0.600. The number of hydrogen-bond acceptors (Lipinski definition) is 3. The van der Waals surface area contributed by atoms with Crippen LogP contribution in [0.5, 0.6) is 0 Å². The first kappa shape index (κ1) is 15.0. The van der Waals surface area contributed by atoms with Gasteiger partial charge in [-0.3, -0.25) is 4.79 Å². The van der Waals surface area contributed by atoms with Crippen molar-refractivity contribution < 1.29 is 14.7 Å². The van der Waals surface area contributed by atoms with E-state index in [0.29, 0.717) is 10.3 Å². The van der Waals surface area contributed by atoms with Crippen LogP contribution < -0.4 is 0 Å². The summed E-state index contributed by atoms with van der Waals surface area (Å²) in [6.07, 6.45) is 4.41. The number of aromatic carboxylic acids is 1. The van der Waals surface area contributed by atoms with Crippen LogP contribution in [0.4, 0.5) is 0 Å². The zero-order valence-electron chi connectivity index (χ0n) is 12.0. The molecule has 5 heteroatoms. The van der Waals surface area contributed by atoms with Crippen LogP contribution in [-0.4, -0.2) is 35.0 Å². The molecule has 0 saturated carbocycles. The molecule has 1 aromatic heterocycles. The van der Waals surface area contributed by atoms with Crippen LogP contribution in [0.15, 0.2) is 12.1 Å². The van der Waals surface area contributed by atoms with Gasteiger partial charge >= 0.3 is 5.97 Å². The average Bonchev–Trinajstić information content (AvgIpc) is 2.96. The number of likely N-dealkylation sites (tertiary alicyclic amines) is 1. The van der Waals surface area contributed by atoms with Crippen LogP contribution >= 0.6 is 11.3 Å². The van der Waals surface area contributed by atoms with E-state index in [1.807, 2.05) is 4.90 Å². The molecule has 1 fully saturated rings. The first-order valence-corrected chi connectivity index (χ1v) is 7.95. The number of nitrogens with zero attached hydrogens (tertiary/aromatic N) is 1. The third kappa shape index (κ3) is 2.87. The zero-order valence-corrected chi connectivity index (χ0v) is 12.8. The zero-order chi connectivity index (χ0) is 14.8. The minimum atomic E-state index is -0.969. The van der Waals surface area contributed by atoms with Crippen molar-refractivity contribution in [3.05, 3.63) is 21.9 Å². The van der Waals surface area contributed by atoms with Gasteiger partial charge in [0.1, 0.15) is 4.88 Å². The van der Waals surface area contributed by atoms with E-state index < -0.39 is 5.97 Å². The Hall–Kier alpha value is -1.36. The van der Waals surface area contributed by atoms with Gasteiger partial charge in [0.15, 0.2) is 0 Å². The van der Waals surface area contributed by atoms with Crippen molar-refractivity contribution in [1.29, 1.82) is 0 Å². The van der Waals surface area contributed by atoms with E-state index in [1.54, 1.807) is 6.07 Å². The molecule has 1 N–H and O–H groups in total. The second-order valence-electron chi connectivity index (χ2n) is 5.47. The normalized spacial score (nSPS) is 18.0. The van der Waals surface area contributed by atoms with E-state index in [4.69, 9.17) is 5.11 Å². The average molecular weight is 295 g/mol. The van der Waals surface area contributed by atoms with Crippen molar-refractivity contribution in [3.63, 3.8) is 0 Å². The largest absolute Gasteiger partial charge is 0.477 e. The molecule has 1 saturated heterocycles. The van der Waals surface area contributed by atoms with E-state index in [-0.39, 0.29) is 10.8 Å². The Morgan fingerprint density at radius 2 is 1.75 bits per heavy atom. The minimum absolute atomic E-state index is 0.0247. The highest BCUT2D eigenvalue weighted by atomic mass is 32.1. The lowest BCUT2D eigenvalue weighted by atomic mass is 9.74. The Morgan fingerprint density at radius 3 is 2.20 bits per heavy atom. The first-order chi connectivity index (χ1) is 9.51. The van der Waals surface area contributed by atoms with Crippen molar-refractivity contribution in [2.75, 3.05) is 13.1 Å². The number of carboxylic acid groups (broad SMARTS) is 1. The molecule has 0 radical (unpaired) electrons. The number of piperidine rings is 1. The number of hydrogen-bond donors (Lipinski definition) is 1. The Bertz CT molecular complexity index is 495. The summed E-state index contributed by atoms with van der Waals surface area (Å²) in [7, 11) is 0. The lowest BCUT2D eigenvalue weighted by Gasteiger charge is -2.40. The molecule has 1 amide bonds. The van der Waals surface area contributed by atoms with Gasteiger partial charge in [0.2, 0.25) is 0 Å². The van der Waals surface area contributed by atoms with Crippen LogP contribution in [0, 0.1) is 5.41 Å². The molecule has 1 aromatic rings. The second kappa shape index (κ2) is 5.95. The molecular weight excluding hydrogens is 274 g/mol. The van der Waals surface area contributed by atoms with Gasteiger partial charge in [0.25, 0.3) is 5.91 Å². The quantitative estimate of drug-likeness (QED) is 0.925. The predicted molar refractivity (Wildman–Crippen MR) is 79.4 cm³/mol. The standard InChI is InChI=1S/C15H21NO3S/c1-3-15(4-2)7-9-16(10-8-15)13(17)11-5-6-12(20-11)14(18)19/h5-6H,3-4,7-10H2,1-2H3,(H,18,19). The van der Waals surface area contributed by atoms with Crippen molar-refractivity contribution in [1.82, 2.24) is 4.90 Å². The lowest BCUT2D eigenvalue weighted by Crippen LogP contribution is -2.42. The molecule has 0 atom stereocenters. The molecule has 0 spiro atoms. The molecule has 20 heavy (non-hydrogen) atoms. The second-order valence-corrected chi connectivity index (χ2v) is 6.55. The Morgan fingerprint density at radius 1 is 1.20 bits per heavy atom. The molecule has 110 valence electrons. The highest BCUT2D eigenvalue weighted by Gasteiger charge is 2.33. The number of carboxylic acids is 1. The van der Waals surface area contributed by atoms with Crippen LogP contribution in [0.25, 0.3) is 0 Å². The Kier molecular flexibility index (Phi) is 4.48. The van der Waals surface area contributed by atoms with Crippen molar-refractivity contribution in [2.45, 2.75) is 39.5 Å². The van der Waals surface area contributed by atoms with Crippen LogP contribution in [0.3, 0.4) is 0 Å². The van der Waals surface area contributed by atoms with Crippen LogP contribution in [0.1, 0.15) is 58.9 Å². The molecule has 0 aliphatic carbocycles. The molecular formula is C15H21NO3S. The highest BCUT2D eigenvalue weighted by molar-refractivity contribution is 7.15. The number of carbonyl (C=O) groups excluding carboxylic acids is 1. The molecule has 0 unspecified atom stereocenters. The maximum Gasteiger partial charge on any atom is 0.345 e. The molecule has 1 aliphatic rings. The van der Waals surface area contributed by atoms with Gasteiger partial charge in [0, 0.05) is 13.1 Å². The molecule has 0 aromatic carbocycles. The third-order valence-electron chi connectivity index (χ3n) is 4.64. The summed E-state index contributed by atoms with van der Waals surface area (Å²) in [6, 6.07) is 3.13. The fourth-order valence-corrected chi connectivity index (χ4v) is 3.68. The van der Waals surface area contributed by atoms with Gasteiger partial charge < -0.3 is 10.0 Å². The summed E-state index contributed by atoms with van der Waals surface area (Å²) in [6.45, 7) is 6.00. The number of amides is 1. The SMILES string of the molecule is CCC1(CC)CCN(C(=O)c2ccc(C(=O)O)s2)CC1. The summed E-state index contributed by atoms with van der Waals surface area (Å²) in [5, 5.41) is 8.91. The minimum Gasteiger partial charge on any atom is -0.477 e. The maximum atomic E-state index is 12.4. The van der Waals surface area contributed by atoms with Crippen molar-refractivity contribution in [3.8, 4) is 0 Å². The fourth-order valence-electron chi connectivity index (χ4n) is 2.86. The molecule has 0 bridgehead atoms. The number of carbonyl (C=O) groups is 2. The van der Waals surface area contributed by atoms with Gasteiger partial charge in [-0.1, -0.05) is 26.7 Å². The van der Waals surface area contributed by atoms with Crippen LogP contribution in [0.2, 0.25) is 0 Å². The topological polar surface area (TPSA) is 57.6 Å². The van der Waals surface area contributed by atoms with Gasteiger partial charge in [-0.15, -0.1) is 11.3 Å². The predicted octanol–water partition coefficient (Wildman–Crippen LogP) is 3.49. The highest BCUT2D eigenvalue weighted by Crippen LogP contribution is 2.38. The van der Waals surface area contributed by atoms with Crippen molar-refractivity contribution >= 4 is 23.2 Å². The Balaban J connectivity index is 2.02. The summed E-state index contributed by atoms with van der Waals surface area (Å²) in [5.41, 5.74) is 0.387. The maximum absolute atomic E-state index is 12.4. The number of thiophene rings is 1. The van der Waals surface area contributed by atoms with E-state index in [0.717, 1.165) is 50.1 Å². The van der Waals surface area contributed by atoms with Gasteiger partial charge in [-0.25, -0.2) is 4.79 Å². The molecule has 2 heterocycles. The monoisotopic (exact) mass is 295 g/mol. The van der Waals surface area contributed by atoms with E-state index in [9.17, 15) is 9.59 Å². The van der Waals surface area contributed by atoms with E-state index in [2.05, 4.69) is 13.8 Å². The molecule has 2 rings (SSSR count). The van der Waals surface area contributed by atoms with Crippen molar-refractivity contribution in [2.24, 2.45) is 5.41 Å². The number of rotatable bonds is 4. The molecule has 1 aliphatic heterocycles. The first-order valence-electron chi connectivity index (χ1n) is 7.14. The summed E-state index contributed by atoms with van der Waals surface area (Å²) in [5.74, 6) is -0.994. The Labute approximate surface area is 123 Å². The summed E-state index contributed by atoms with van der Waals surface area (Å²) >= 11 is 1.06. The summed E-state index contributed by atoms with van der Waals surface area (Å²) in [4.78, 5) is 25.8. The van der Waals surface area contributed by atoms with Gasteiger partial charge in [-0.2, -0.15) is 0 Å². The van der Waals surface area contributed by atoms with Gasteiger partial charge in [0.05, 0.1) is 4.88 Å². The van der Waals surface area contributed by atoms with Gasteiger partial charge in [-0.05, 0) is 30.4 Å². The summed E-state index contributed by atoms with van der Waals surface area (Å²) < 4.78 is 0. The third-order valence-corrected chi connectivity index (χ3v) is 5.70. The molecule has 4 nitrogen and oxygen atoms in total. The van der Waals surface area contributed by atoms with E-state index >= 15 is 0 Å².